The van der Waals surface area contributed by atoms with E-state index in [0.29, 0.717) is 13.2 Å². The molecule has 0 heterocycles. The molecule has 0 spiro atoms. The molecule has 0 aliphatic heterocycles. The van der Waals surface area contributed by atoms with Crippen molar-refractivity contribution in [2.24, 2.45) is 0 Å². The van der Waals surface area contributed by atoms with Crippen molar-refractivity contribution >= 4 is 17.6 Å². The van der Waals surface area contributed by atoms with Crippen LogP contribution in [0.4, 0.5) is 5.69 Å². The minimum atomic E-state index is -0.253. The molecular formula is C16H24N2O3. The Bertz CT molecular complexity index is 443. The Balaban J connectivity index is 2.22. The van der Waals surface area contributed by atoms with Crippen LogP contribution < -0.4 is 10.6 Å². The number of carbonyl (C=O) groups excluding carboxylic acids is 2. The zero-order chi connectivity index (χ0) is 15.5. The molecule has 0 aromatic heterocycles. The highest BCUT2D eigenvalue weighted by Crippen LogP contribution is 2.10. The van der Waals surface area contributed by atoms with Gasteiger partial charge in [0.2, 0.25) is 5.91 Å². The first-order chi connectivity index (χ1) is 10.2. The molecule has 1 aromatic carbocycles. The Morgan fingerprint density at radius 3 is 2.48 bits per heavy atom. The molecule has 2 N–H and O–H groups in total. The molecule has 0 atom stereocenters. The van der Waals surface area contributed by atoms with Crippen LogP contribution in [-0.4, -0.2) is 31.6 Å². The maximum atomic E-state index is 11.7. The van der Waals surface area contributed by atoms with Crippen LogP contribution in [0.3, 0.4) is 0 Å². The first kappa shape index (κ1) is 17.2. The summed E-state index contributed by atoms with van der Waals surface area (Å²) in [4.78, 5) is 22.8. The lowest BCUT2D eigenvalue weighted by molar-refractivity contribution is -0.143. The second kappa shape index (κ2) is 9.94. The van der Waals surface area contributed by atoms with Crippen molar-refractivity contribution in [3.05, 3.63) is 29.8 Å². The molecule has 0 aliphatic rings. The van der Waals surface area contributed by atoms with Gasteiger partial charge in [0.25, 0.3) is 0 Å². The van der Waals surface area contributed by atoms with E-state index in [-0.39, 0.29) is 24.8 Å². The summed E-state index contributed by atoms with van der Waals surface area (Å²) in [6.45, 7) is 4.90. The first-order valence-electron chi connectivity index (χ1n) is 7.40. The maximum Gasteiger partial charge on any atom is 0.307 e. The number of hydrogen-bond donors (Lipinski definition) is 2. The monoisotopic (exact) mass is 292 g/mol. The zero-order valence-electron chi connectivity index (χ0n) is 12.8. The molecule has 0 saturated carbocycles. The highest BCUT2D eigenvalue weighted by Gasteiger charge is 2.04. The van der Waals surface area contributed by atoms with E-state index in [9.17, 15) is 9.59 Å². The molecule has 5 heteroatoms. The Labute approximate surface area is 126 Å². The number of rotatable bonds is 9. The van der Waals surface area contributed by atoms with Gasteiger partial charge in [-0.1, -0.05) is 25.5 Å². The number of anilines is 1. The Morgan fingerprint density at radius 1 is 1.14 bits per heavy atom. The van der Waals surface area contributed by atoms with Gasteiger partial charge in [-0.15, -0.1) is 0 Å². The van der Waals surface area contributed by atoms with E-state index < -0.39 is 0 Å². The quantitative estimate of drug-likeness (QED) is 0.540. The summed E-state index contributed by atoms with van der Waals surface area (Å²) in [6, 6.07) is 7.85. The topological polar surface area (TPSA) is 67.4 Å². The fourth-order valence-electron chi connectivity index (χ4n) is 1.87. The summed E-state index contributed by atoms with van der Waals surface area (Å²) in [5, 5.41) is 5.72. The molecule has 116 valence electrons. The fraction of sp³-hybridized carbons (Fsp3) is 0.500. The normalized spacial score (nSPS) is 10.2. The number of hydrogen-bond acceptors (Lipinski definition) is 4. The second-order valence-electron chi connectivity index (χ2n) is 4.73. The third-order valence-electron chi connectivity index (χ3n) is 2.87. The molecule has 5 nitrogen and oxygen atoms in total. The lowest BCUT2D eigenvalue weighted by atomic mass is 10.1. The van der Waals surface area contributed by atoms with E-state index in [0.717, 1.165) is 18.5 Å². The fourth-order valence-corrected chi connectivity index (χ4v) is 1.87. The summed E-state index contributed by atoms with van der Waals surface area (Å²) in [5.41, 5.74) is 2.05. The highest BCUT2D eigenvalue weighted by molar-refractivity contribution is 5.92. The third-order valence-corrected chi connectivity index (χ3v) is 2.87. The molecule has 0 radical (unpaired) electrons. The molecule has 1 amide bonds. The van der Waals surface area contributed by atoms with Crippen LogP contribution in [0.25, 0.3) is 0 Å². The number of ether oxygens (including phenoxy) is 1. The van der Waals surface area contributed by atoms with Crippen LogP contribution in [0, 0.1) is 0 Å². The van der Waals surface area contributed by atoms with E-state index >= 15 is 0 Å². The summed E-state index contributed by atoms with van der Waals surface area (Å²) in [6.07, 6.45) is 2.42. The van der Waals surface area contributed by atoms with Crippen molar-refractivity contribution < 1.29 is 14.3 Å². The van der Waals surface area contributed by atoms with Crippen molar-refractivity contribution in [2.45, 2.75) is 33.1 Å². The van der Waals surface area contributed by atoms with Crippen molar-refractivity contribution in [1.82, 2.24) is 5.32 Å². The predicted octanol–water partition coefficient (Wildman–Crippen LogP) is 2.12. The minimum absolute atomic E-state index is 0.123. The highest BCUT2D eigenvalue weighted by atomic mass is 16.5. The van der Waals surface area contributed by atoms with Gasteiger partial charge in [0.1, 0.15) is 0 Å². The summed E-state index contributed by atoms with van der Waals surface area (Å²) in [5.74, 6) is -0.376. The van der Waals surface area contributed by atoms with Crippen LogP contribution in [0.15, 0.2) is 24.3 Å². The van der Waals surface area contributed by atoms with Gasteiger partial charge in [0.05, 0.1) is 19.6 Å². The Kier molecular flexibility index (Phi) is 8.12. The standard InChI is InChI=1S/C16H24N2O3/c1-3-5-13-6-8-14(9-7-13)18-15(19)12-17-11-10-16(20)21-4-2/h6-9,17H,3-5,10-12H2,1-2H3,(H,18,19). The van der Waals surface area contributed by atoms with Gasteiger partial charge in [-0.3, -0.25) is 9.59 Å². The van der Waals surface area contributed by atoms with Gasteiger partial charge >= 0.3 is 5.97 Å². The molecule has 1 rings (SSSR count). The van der Waals surface area contributed by atoms with Gasteiger partial charge in [0.15, 0.2) is 0 Å². The Hall–Kier alpha value is -1.88. The lowest BCUT2D eigenvalue weighted by Gasteiger charge is -2.07. The smallest absolute Gasteiger partial charge is 0.307 e. The van der Waals surface area contributed by atoms with E-state index in [1.807, 2.05) is 24.3 Å². The average Bonchev–Trinajstić information content (AvgIpc) is 2.46. The number of benzene rings is 1. The predicted molar refractivity (Wildman–Crippen MR) is 83.2 cm³/mol. The number of esters is 1. The number of aryl methyl sites for hydroxylation is 1. The third kappa shape index (κ3) is 7.46. The molecule has 0 unspecified atom stereocenters. The number of carbonyl (C=O) groups is 2. The lowest BCUT2D eigenvalue weighted by Crippen LogP contribution is -2.29. The number of nitrogens with one attached hydrogen (secondary N) is 2. The summed E-state index contributed by atoms with van der Waals surface area (Å²) in [7, 11) is 0. The molecule has 21 heavy (non-hydrogen) atoms. The van der Waals surface area contributed by atoms with E-state index in [4.69, 9.17) is 4.74 Å². The summed E-state index contributed by atoms with van der Waals surface area (Å²) >= 11 is 0. The maximum absolute atomic E-state index is 11.7. The minimum Gasteiger partial charge on any atom is -0.466 e. The van der Waals surface area contributed by atoms with Gasteiger partial charge in [-0.2, -0.15) is 0 Å². The van der Waals surface area contributed by atoms with E-state index in [1.54, 1.807) is 6.92 Å². The molecule has 0 saturated heterocycles. The van der Waals surface area contributed by atoms with Crippen LogP contribution in [0.5, 0.6) is 0 Å². The van der Waals surface area contributed by atoms with Crippen molar-refractivity contribution in [1.29, 1.82) is 0 Å². The van der Waals surface area contributed by atoms with Gasteiger partial charge in [0, 0.05) is 12.2 Å². The largest absolute Gasteiger partial charge is 0.466 e. The van der Waals surface area contributed by atoms with E-state index in [2.05, 4.69) is 17.6 Å². The molecule has 1 aromatic rings. The average molecular weight is 292 g/mol. The molecule has 0 aliphatic carbocycles. The SMILES string of the molecule is CCCc1ccc(NC(=O)CNCCC(=O)OCC)cc1. The van der Waals surface area contributed by atoms with Gasteiger partial charge < -0.3 is 15.4 Å². The van der Waals surface area contributed by atoms with Crippen molar-refractivity contribution in [2.75, 3.05) is 25.0 Å². The molecular weight excluding hydrogens is 268 g/mol. The van der Waals surface area contributed by atoms with Crippen LogP contribution in [0.2, 0.25) is 0 Å². The van der Waals surface area contributed by atoms with Crippen LogP contribution in [-0.2, 0) is 20.7 Å². The molecule has 0 bridgehead atoms. The van der Waals surface area contributed by atoms with Crippen LogP contribution >= 0.6 is 0 Å². The Morgan fingerprint density at radius 2 is 1.86 bits per heavy atom. The van der Waals surface area contributed by atoms with Gasteiger partial charge in [-0.05, 0) is 31.0 Å². The number of amides is 1. The van der Waals surface area contributed by atoms with Crippen LogP contribution in [0.1, 0.15) is 32.3 Å². The second-order valence-corrected chi connectivity index (χ2v) is 4.73. The van der Waals surface area contributed by atoms with E-state index in [1.165, 1.54) is 5.56 Å². The van der Waals surface area contributed by atoms with Crippen molar-refractivity contribution in [3.8, 4) is 0 Å². The van der Waals surface area contributed by atoms with Gasteiger partial charge in [-0.25, -0.2) is 0 Å². The first-order valence-corrected chi connectivity index (χ1v) is 7.40. The summed E-state index contributed by atoms with van der Waals surface area (Å²) < 4.78 is 4.80. The van der Waals surface area contributed by atoms with Crippen molar-refractivity contribution in [3.63, 3.8) is 0 Å². The zero-order valence-corrected chi connectivity index (χ0v) is 12.8. The molecule has 0 fully saturated rings.